The molecule has 0 spiro atoms. The van der Waals surface area contributed by atoms with Gasteiger partial charge in [-0.1, -0.05) is 12.6 Å². The van der Waals surface area contributed by atoms with E-state index in [-0.39, 0.29) is 6.61 Å². The maximum absolute atomic E-state index is 11.6. The zero-order chi connectivity index (χ0) is 12.3. The van der Waals surface area contributed by atoms with Crippen molar-refractivity contribution < 1.29 is 9.53 Å². The number of hydrogen-bond donors (Lipinski definition) is 0. The average molecular weight is 265 g/mol. The van der Waals surface area contributed by atoms with Gasteiger partial charge in [0.2, 0.25) is 0 Å². The van der Waals surface area contributed by atoms with E-state index in [0.29, 0.717) is 5.69 Å². The SMILES string of the molecule is C=C(C)COC(=O)c1csc(-c2cccs2)n1. The van der Waals surface area contributed by atoms with Crippen LogP contribution < -0.4 is 0 Å². The largest absolute Gasteiger partial charge is 0.456 e. The van der Waals surface area contributed by atoms with E-state index in [2.05, 4.69) is 11.6 Å². The Balaban J connectivity index is 2.08. The summed E-state index contributed by atoms with van der Waals surface area (Å²) < 4.78 is 5.03. The van der Waals surface area contributed by atoms with Gasteiger partial charge in [-0.3, -0.25) is 0 Å². The second-order valence-corrected chi connectivity index (χ2v) is 5.35. The van der Waals surface area contributed by atoms with E-state index in [1.807, 2.05) is 24.4 Å². The van der Waals surface area contributed by atoms with Gasteiger partial charge in [-0.15, -0.1) is 22.7 Å². The van der Waals surface area contributed by atoms with Crippen molar-refractivity contribution in [3.8, 4) is 9.88 Å². The van der Waals surface area contributed by atoms with Crippen LogP contribution in [0.15, 0.2) is 35.0 Å². The summed E-state index contributed by atoms with van der Waals surface area (Å²) in [4.78, 5) is 16.9. The highest BCUT2D eigenvalue weighted by Crippen LogP contribution is 2.27. The number of esters is 1. The number of ether oxygens (including phenoxy) is 1. The van der Waals surface area contributed by atoms with Crippen molar-refractivity contribution in [1.29, 1.82) is 0 Å². The van der Waals surface area contributed by atoms with E-state index >= 15 is 0 Å². The van der Waals surface area contributed by atoms with Crippen LogP contribution >= 0.6 is 22.7 Å². The molecule has 17 heavy (non-hydrogen) atoms. The van der Waals surface area contributed by atoms with Gasteiger partial charge in [-0.2, -0.15) is 0 Å². The molecule has 0 fully saturated rings. The molecule has 0 atom stereocenters. The minimum Gasteiger partial charge on any atom is -0.456 e. The minimum absolute atomic E-state index is 0.241. The van der Waals surface area contributed by atoms with Crippen molar-refractivity contribution in [2.24, 2.45) is 0 Å². The fourth-order valence-electron chi connectivity index (χ4n) is 1.14. The Labute approximate surface area is 107 Å². The van der Waals surface area contributed by atoms with Crippen LogP contribution in [0.2, 0.25) is 0 Å². The number of aromatic nitrogens is 1. The molecule has 5 heteroatoms. The number of nitrogens with zero attached hydrogens (tertiary/aromatic N) is 1. The van der Waals surface area contributed by atoms with Crippen molar-refractivity contribution in [2.75, 3.05) is 6.61 Å². The lowest BCUT2D eigenvalue weighted by molar-refractivity contribution is 0.0534. The van der Waals surface area contributed by atoms with Crippen LogP contribution in [0.5, 0.6) is 0 Å². The first-order valence-corrected chi connectivity index (χ1v) is 6.73. The Morgan fingerprint density at radius 1 is 1.53 bits per heavy atom. The van der Waals surface area contributed by atoms with E-state index in [9.17, 15) is 4.79 Å². The van der Waals surface area contributed by atoms with Gasteiger partial charge in [0.25, 0.3) is 0 Å². The third-order valence-electron chi connectivity index (χ3n) is 1.89. The molecule has 0 amide bonds. The van der Waals surface area contributed by atoms with Crippen LogP contribution in [-0.4, -0.2) is 17.6 Å². The summed E-state index contributed by atoms with van der Waals surface area (Å²) >= 11 is 3.05. The smallest absolute Gasteiger partial charge is 0.358 e. The molecule has 0 N–H and O–H groups in total. The van der Waals surface area contributed by atoms with Crippen LogP contribution in [0.4, 0.5) is 0 Å². The van der Waals surface area contributed by atoms with Gasteiger partial charge in [0, 0.05) is 5.38 Å². The van der Waals surface area contributed by atoms with Crippen LogP contribution in [0.25, 0.3) is 9.88 Å². The Hall–Kier alpha value is -1.46. The lowest BCUT2D eigenvalue weighted by Crippen LogP contribution is -2.07. The van der Waals surface area contributed by atoms with E-state index in [0.717, 1.165) is 15.5 Å². The molecule has 2 heterocycles. The summed E-state index contributed by atoms with van der Waals surface area (Å²) in [6.07, 6.45) is 0. The summed E-state index contributed by atoms with van der Waals surface area (Å²) in [6.45, 7) is 5.72. The lowest BCUT2D eigenvalue weighted by atomic mass is 10.4. The van der Waals surface area contributed by atoms with Crippen LogP contribution in [0.3, 0.4) is 0 Å². The van der Waals surface area contributed by atoms with Gasteiger partial charge in [0.1, 0.15) is 11.6 Å². The van der Waals surface area contributed by atoms with Gasteiger partial charge in [0.15, 0.2) is 5.69 Å². The fourth-order valence-corrected chi connectivity index (χ4v) is 2.75. The summed E-state index contributed by atoms with van der Waals surface area (Å²) in [5.74, 6) is -0.396. The third-order valence-corrected chi connectivity index (χ3v) is 3.78. The third kappa shape index (κ3) is 3.01. The van der Waals surface area contributed by atoms with Crippen molar-refractivity contribution in [3.63, 3.8) is 0 Å². The molecule has 0 bridgehead atoms. The number of thiophene rings is 1. The second-order valence-electron chi connectivity index (χ2n) is 3.55. The van der Waals surface area contributed by atoms with Gasteiger partial charge in [-0.05, 0) is 23.9 Å². The molecule has 3 nitrogen and oxygen atoms in total. The predicted molar refractivity (Wildman–Crippen MR) is 70.5 cm³/mol. The number of rotatable bonds is 4. The molecular weight excluding hydrogens is 254 g/mol. The summed E-state index contributed by atoms with van der Waals surface area (Å²) in [5.41, 5.74) is 1.17. The van der Waals surface area contributed by atoms with Crippen molar-refractivity contribution in [2.45, 2.75) is 6.92 Å². The van der Waals surface area contributed by atoms with Crippen LogP contribution in [0.1, 0.15) is 17.4 Å². The quantitative estimate of drug-likeness (QED) is 0.626. The highest BCUT2D eigenvalue weighted by molar-refractivity contribution is 7.20. The van der Waals surface area contributed by atoms with Crippen molar-refractivity contribution >= 4 is 28.6 Å². The molecule has 0 aliphatic heterocycles. The van der Waals surface area contributed by atoms with Gasteiger partial charge in [0.05, 0.1) is 4.88 Å². The lowest BCUT2D eigenvalue weighted by Gasteiger charge is -2.00. The zero-order valence-electron chi connectivity index (χ0n) is 9.30. The maximum Gasteiger partial charge on any atom is 0.358 e. The summed E-state index contributed by atoms with van der Waals surface area (Å²) in [6, 6.07) is 3.94. The van der Waals surface area contributed by atoms with Gasteiger partial charge < -0.3 is 4.74 Å². The van der Waals surface area contributed by atoms with Crippen LogP contribution in [-0.2, 0) is 4.74 Å². The Morgan fingerprint density at radius 2 is 2.35 bits per heavy atom. The molecule has 0 unspecified atom stereocenters. The van der Waals surface area contributed by atoms with E-state index in [4.69, 9.17) is 4.74 Å². The first kappa shape index (κ1) is 12.0. The zero-order valence-corrected chi connectivity index (χ0v) is 10.9. The van der Waals surface area contributed by atoms with Gasteiger partial charge >= 0.3 is 5.97 Å². The molecule has 0 aliphatic rings. The summed E-state index contributed by atoms with van der Waals surface area (Å²) in [7, 11) is 0. The van der Waals surface area contributed by atoms with Gasteiger partial charge in [-0.25, -0.2) is 9.78 Å². The first-order chi connectivity index (χ1) is 8.16. The fraction of sp³-hybridized carbons (Fsp3) is 0.167. The number of thiazole rings is 1. The molecule has 0 aliphatic carbocycles. The summed E-state index contributed by atoms with van der Waals surface area (Å²) in [5, 5.41) is 4.55. The van der Waals surface area contributed by atoms with Crippen molar-refractivity contribution in [1.82, 2.24) is 4.98 Å². The monoisotopic (exact) mass is 265 g/mol. The molecule has 0 saturated carbocycles. The highest BCUT2D eigenvalue weighted by atomic mass is 32.1. The second kappa shape index (κ2) is 5.25. The molecule has 2 aromatic rings. The number of carbonyl (C=O) groups is 1. The molecule has 0 radical (unpaired) electrons. The van der Waals surface area contributed by atoms with E-state index in [1.165, 1.54) is 11.3 Å². The normalized spacial score (nSPS) is 10.2. The standard InChI is InChI=1S/C12H11NO2S2/c1-8(2)6-15-12(14)9-7-17-11(13-9)10-4-3-5-16-10/h3-5,7H,1,6H2,2H3. The van der Waals surface area contributed by atoms with E-state index in [1.54, 1.807) is 16.7 Å². The molecule has 0 aromatic carbocycles. The number of hydrogen-bond acceptors (Lipinski definition) is 5. The Kier molecular flexibility index (Phi) is 3.71. The Morgan fingerprint density at radius 3 is 3.00 bits per heavy atom. The minimum atomic E-state index is -0.396. The number of carbonyl (C=O) groups excluding carboxylic acids is 1. The molecular formula is C12H11NO2S2. The van der Waals surface area contributed by atoms with Crippen LogP contribution in [0, 0.1) is 0 Å². The van der Waals surface area contributed by atoms with E-state index < -0.39 is 5.97 Å². The first-order valence-electron chi connectivity index (χ1n) is 4.97. The molecule has 2 rings (SSSR count). The molecule has 88 valence electrons. The molecule has 2 aromatic heterocycles. The maximum atomic E-state index is 11.6. The average Bonchev–Trinajstić information content (AvgIpc) is 2.94. The van der Waals surface area contributed by atoms with Crippen molar-refractivity contribution in [3.05, 3.63) is 40.7 Å². The topological polar surface area (TPSA) is 39.2 Å². The highest BCUT2D eigenvalue weighted by Gasteiger charge is 2.13. The predicted octanol–water partition coefficient (Wildman–Crippen LogP) is 3.60. The Bertz CT molecular complexity index is 528. The molecule has 0 saturated heterocycles.